The lowest BCUT2D eigenvalue weighted by Gasteiger charge is -2.16. The van der Waals surface area contributed by atoms with E-state index in [1.807, 2.05) is 25.1 Å². The number of nitrogens with one attached hydrogen (secondary N) is 1. The average Bonchev–Trinajstić information content (AvgIpc) is 3.47. The number of aromatic nitrogens is 6. The molecule has 1 saturated heterocycles. The third-order valence-corrected chi connectivity index (χ3v) is 7.38. The van der Waals surface area contributed by atoms with Gasteiger partial charge in [0.1, 0.15) is 5.82 Å². The van der Waals surface area contributed by atoms with E-state index in [0.717, 1.165) is 25.7 Å². The number of para-hydroxylation sites is 1. The Hall–Kier alpha value is -3.18. The van der Waals surface area contributed by atoms with E-state index in [-0.39, 0.29) is 11.7 Å². The summed E-state index contributed by atoms with van der Waals surface area (Å²) in [5, 5.41) is 1.15. The van der Waals surface area contributed by atoms with Gasteiger partial charge in [0.05, 0.1) is 29.3 Å². The predicted molar refractivity (Wildman–Crippen MR) is 135 cm³/mol. The molecular weight excluding hydrogens is 468 g/mol. The quantitative estimate of drug-likeness (QED) is 0.294. The van der Waals surface area contributed by atoms with Crippen molar-refractivity contribution in [2.45, 2.75) is 62.7 Å². The lowest BCUT2D eigenvalue weighted by Crippen LogP contribution is -2.31. The largest absolute Gasteiger partial charge is 0.376 e. The molecule has 0 aliphatic carbocycles. The Kier molecular flexibility index (Phi) is 6.61. The van der Waals surface area contributed by atoms with Gasteiger partial charge in [0.15, 0.2) is 16.3 Å². The van der Waals surface area contributed by atoms with Crippen molar-refractivity contribution < 1.29 is 4.74 Å². The number of imidazole rings is 1. The molecule has 0 amide bonds. The van der Waals surface area contributed by atoms with Gasteiger partial charge in [-0.2, -0.15) is 0 Å². The van der Waals surface area contributed by atoms with Crippen LogP contribution in [0.3, 0.4) is 0 Å². The molecule has 4 heterocycles. The molecule has 10 nitrogen and oxygen atoms in total. The summed E-state index contributed by atoms with van der Waals surface area (Å²) < 4.78 is 10.7. The van der Waals surface area contributed by atoms with E-state index in [0.29, 0.717) is 58.5 Å². The van der Waals surface area contributed by atoms with Crippen LogP contribution in [0.4, 0.5) is 0 Å². The van der Waals surface area contributed by atoms with Crippen molar-refractivity contribution in [2.24, 2.45) is 7.05 Å². The van der Waals surface area contributed by atoms with Crippen molar-refractivity contribution in [3.63, 3.8) is 0 Å². The molecular formula is C24H28N6O4S. The Morgan fingerprint density at radius 3 is 2.77 bits per heavy atom. The van der Waals surface area contributed by atoms with Gasteiger partial charge in [-0.05, 0) is 31.4 Å². The fourth-order valence-electron chi connectivity index (χ4n) is 4.48. The molecule has 1 fully saturated rings. The molecule has 1 aliphatic rings. The number of aryl methyl sites for hydroxylation is 2. The molecule has 35 heavy (non-hydrogen) atoms. The van der Waals surface area contributed by atoms with Crippen molar-refractivity contribution in [3.8, 4) is 0 Å². The molecule has 5 rings (SSSR count). The summed E-state index contributed by atoms with van der Waals surface area (Å²) >= 11 is 1.39. The summed E-state index contributed by atoms with van der Waals surface area (Å²) in [4.78, 5) is 50.2. The van der Waals surface area contributed by atoms with Crippen LogP contribution >= 0.6 is 11.8 Å². The highest BCUT2D eigenvalue weighted by molar-refractivity contribution is 7.98. The van der Waals surface area contributed by atoms with E-state index in [4.69, 9.17) is 9.72 Å². The summed E-state index contributed by atoms with van der Waals surface area (Å²) in [5.41, 5.74) is 0.382. The van der Waals surface area contributed by atoms with Gasteiger partial charge in [-0.15, -0.1) is 0 Å². The molecule has 0 saturated carbocycles. The Morgan fingerprint density at radius 2 is 2.00 bits per heavy atom. The van der Waals surface area contributed by atoms with E-state index in [9.17, 15) is 14.4 Å². The molecule has 0 radical (unpaired) electrons. The van der Waals surface area contributed by atoms with Crippen LogP contribution in [-0.2, 0) is 30.6 Å². The summed E-state index contributed by atoms with van der Waals surface area (Å²) in [6.45, 7) is 3.68. The van der Waals surface area contributed by atoms with E-state index >= 15 is 0 Å². The summed E-state index contributed by atoms with van der Waals surface area (Å²) in [5.74, 6) is 1.00. The lowest BCUT2D eigenvalue weighted by atomic mass is 10.2. The van der Waals surface area contributed by atoms with Gasteiger partial charge >= 0.3 is 5.69 Å². The normalized spacial score (nSPS) is 16.0. The van der Waals surface area contributed by atoms with Crippen LogP contribution < -0.4 is 16.8 Å². The zero-order valence-corrected chi connectivity index (χ0v) is 20.6. The smallest absolute Gasteiger partial charge is 0.330 e. The minimum absolute atomic E-state index is 0.0164. The van der Waals surface area contributed by atoms with Crippen LogP contribution in [0.5, 0.6) is 0 Å². The SMILES string of the molecule is CCCCn1c(=O)[nH]c(=O)c2c1nc(CSc1nc3ccccc3c(=O)n1CC1CCCO1)n2C. The standard InChI is InChI=1S/C24H28N6O4S/c1-3-4-11-29-20-19(21(31)27-23(29)33)28(2)18(26-20)14-35-24-25-17-10-6-5-9-16(17)22(32)30(24)13-15-8-7-12-34-15/h5-6,9-10,15H,3-4,7-8,11-14H2,1-2H3,(H,27,31,33). The van der Waals surface area contributed by atoms with Crippen LogP contribution in [0, 0.1) is 0 Å². The third-order valence-electron chi connectivity index (χ3n) is 6.41. The van der Waals surface area contributed by atoms with E-state index in [2.05, 4.69) is 9.97 Å². The zero-order valence-electron chi connectivity index (χ0n) is 19.8. The molecule has 1 unspecified atom stereocenters. The average molecular weight is 497 g/mol. The van der Waals surface area contributed by atoms with E-state index in [1.54, 1.807) is 22.2 Å². The Balaban J connectivity index is 1.53. The van der Waals surface area contributed by atoms with Gasteiger partial charge in [-0.3, -0.25) is 23.7 Å². The molecule has 4 aromatic rings. The third kappa shape index (κ3) is 4.45. The number of rotatable bonds is 8. The second-order valence-electron chi connectivity index (χ2n) is 8.77. The number of hydrogen-bond acceptors (Lipinski definition) is 7. The van der Waals surface area contributed by atoms with Gasteiger partial charge < -0.3 is 9.30 Å². The van der Waals surface area contributed by atoms with Crippen LogP contribution in [0.25, 0.3) is 22.1 Å². The van der Waals surface area contributed by atoms with Gasteiger partial charge in [0, 0.05) is 20.2 Å². The minimum atomic E-state index is -0.455. The molecule has 0 spiro atoms. The number of benzene rings is 1. The van der Waals surface area contributed by atoms with Gasteiger partial charge in [0.25, 0.3) is 11.1 Å². The summed E-state index contributed by atoms with van der Waals surface area (Å²) in [7, 11) is 1.77. The van der Waals surface area contributed by atoms with Gasteiger partial charge in [-0.1, -0.05) is 37.2 Å². The molecule has 3 aromatic heterocycles. The molecule has 1 N–H and O–H groups in total. The molecule has 11 heteroatoms. The highest BCUT2D eigenvalue weighted by atomic mass is 32.2. The lowest BCUT2D eigenvalue weighted by molar-refractivity contribution is 0.0937. The number of fused-ring (bicyclic) bond motifs is 2. The van der Waals surface area contributed by atoms with Crippen molar-refractivity contribution in [2.75, 3.05) is 6.61 Å². The highest BCUT2D eigenvalue weighted by Crippen LogP contribution is 2.24. The van der Waals surface area contributed by atoms with Crippen LogP contribution in [0.15, 0.2) is 43.8 Å². The summed E-state index contributed by atoms with van der Waals surface area (Å²) in [6, 6.07) is 7.32. The first-order valence-electron chi connectivity index (χ1n) is 11.9. The van der Waals surface area contributed by atoms with Crippen LogP contribution in [-0.4, -0.2) is 41.4 Å². The number of nitrogens with zero attached hydrogens (tertiary/aromatic N) is 5. The monoisotopic (exact) mass is 496 g/mol. The van der Waals surface area contributed by atoms with Crippen molar-refractivity contribution >= 4 is 33.8 Å². The number of hydrogen-bond donors (Lipinski definition) is 1. The Morgan fingerprint density at radius 1 is 1.17 bits per heavy atom. The number of unbranched alkanes of at least 4 members (excludes halogenated alkanes) is 1. The molecule has 184 valence electrons. The number of ether oxygens (including phenoxy) is 1. The van der Waals surface area contributed by atoms with Crippen molar-refractivity contribution in [1.29, 1.82) is 0 Å². The van der Waals surface area contributed by atoms with E-state index in [1.165, 1.54) is 16.3 Å². The number of H-pyrrole nitrogens is 1. The fraction of sp³-hybridized carbons (Fsp3) is 0.458. The van der Waals surface area contributed by atoms with E-state index < -0.39 is 11.2 Å². The van der Waals surface area contributed by atoms with Gasteiger partial charge in [-0.25, -0.2) is 14.8 Å². The van der Waals surface area contributed by atoms with Crippen molar-refractivity contribution in [1.82, 2.24) is 28.7 Å². The second kappa shape index (κ2) is 9.82. The first kappa shape index (κ1) is 23.6. The minimum Gasteiger partial charge on any atom is -0.376 e. The number of thioether (sulfide) groups is 1. The predicted octanol–water partition coefficient (Wildman–Crippen LogP) is 2.40. The van der Waals surface area contributed by atoms with Crippen molar-refractivity contribution in [3.05, 3.63) is 61.3 Å². The summed E-state index contributed by atoms with van der Waals surface area (Å²) in [6.07, 6.45) is 3.59. The first-order chi connectivity index (χ1) is 17.0. The zero-order chi connectivity index (χ0) is 24.5. The second-order valence-corrected chi connectivity index (χ2v) is 9.72. The molecule has 1 aliphatic heterocycles. The first-order valence-corrected chi connectivity index (χ1v) is 12.9. The fourth-order valence-corrected chi connectivity index (χ4v) is 5.48. The highest BCUT2D eigenvalue weighted by Gasteiger charge is 2.21. The maximum atomic E-state index is 13.3. The maximum Gasteiger partial charge on any atom is 0.330 e. The maximum absolute atomic E-state index is 13.3. The van der Waals surface area contributed by atoms with Gasteiger partial charge in [0.2, 0.25) is 0 Å². The molecule has 1 atom stereocenters. The Labute approximate surface area is 205 Å². The topological polar surface area (TPSA) is 117 Å². The molecule has 0 bridgehead atoms. The Bertz CT molecular complexity index is 1560. The van der Waals surface area contributed by atoms with Crippen LogP contribution in [0.1, 0.15) is 38.4 Å². The molecule has 1 aromatic carbocycles. The van der Waals surface area contributed by atoms with Crippen LogP contribution in [0.2, 0.25) is 0 Å². The number of aromatic amines is 1.